The maximum atomic E-state index is 3.58. The zero-order chi connectivity index (χ0) is 11.3. The monoisotopic (exact) mass is 349 g/mol. The maximum Gasteiger partial charge on any atom is 0.0758 e. The molecule has 0 bridgehead atoms. The summed E-state index contributed by atoms with van der Waals surface area (Å²) in [5.74, 6) is 6.06. The summed E-state index contributed by atoms with van der Waals surface area (Å²) in [5, 5.41) is 3.44. The van der Waals surface area contributed by atoms with Crippen LogP contribution in [0, 0.1) is 11.8 Å². The van der Waals surface area contributed by atoms with Gasteiger partial charge in [-0.1, -0.05) is 6.92 Å². The van der Waals surface area contributed by atoms with Gasteiger partial charge in [0.25, 0.3) is 0 Å². The van der Waals surface area contributed by atoms with Crippen molar-refractivity contribution in [2.75, 3.05) is 6.54 Å². The van der Waals surface area contributed by atoms with E-state index in [2.05, 4.69) is 62.0 Å². The molecule has 1 N–H and O–H groups in total. The van der Waals surface area contributed by atoms with Crippen molar-refractivity contribution in [2.24, 2.45) is 0 Å². The molecule has 1 unspecified atom stereocenters. The van der Waals surface area contributed by atoms with Crippen molar-refractivity contribution in [2.45, 2.75) is 26.3 Å². The molecule has 1 nitrogen and oxygen atoms in total. The van der Waals surface area contributed by atoms with E-state index in [1.165, 1.54) is 9.35 Å². The Bertz CT molecular complexity index is 376. The van der Waals surface area contributed by atoms with E-state index in [0.717, 1.165) is 16.8 Å². The fourth-order valence-corrected chi connectivity index (χ4v) is 4.31. The van der Waals surface area contributed by atoms with Crippen LogP contribution in [0.1, 0.15) is 31.9 Å². The lowest BCUT2D eigenvalue weighted by Crippen LogP contribution is -2.20. The minimum Gasteiger partial charge on any atom is -0.309 e. The first kappa shape index (κ1) is 13.2. The third-order valence-corrected chi connectivity index (χ3v) is 4.38. The Labute approximate surface area is 112 Å². The SMILES string of the molecule is CC#CCC(NCC)c1cc(Br)sc1Br. The smallest absolute Gasteiger partial charge is 0.0758 e. The molecule has 1 atom stereocenters. The Morgan fingerprint density at radius 3 is 2.73 bits per heavy atom. The first-order valence-corrected chi connectivity index (χ1v) is 7.17. The topological polar surface area (TPSA) is 12.0 Å². The van der Waals surface area contributed by atoms with Crippen molar-refractivity contribution in [1.82, 2.24) is 5.32 Å². The number of nitrogens with one attached hydrogen (secondary N) is 1. The summed E-state index contributed by atoms with van der Waals surface area (Å²) >= 11 is 8.78. The quantitative estimate of drug-likeness (QED) is 0.796. The second-order valence-corrected chi connectivity index (χ2v) is 6.77. The van der Waals surface area contributed by atoms with Gasteiger partial charge in [0, 0.05) is 12.5 Å². The van der Waals surface area contributed by atoms with Gasteiger partial charge in [0.05, 0.1) is 7.57 Å². The zero-order valence-corrected chi connectivity index (χ0v) is 12.7. The van der Waals surface area contributed by atoms with Crippen molar-refractivity contribution in [3.8, 4) is 11.8 Å². The third kappa shape index (κ3) is 3.92. The van der Waals surface area contributed by atoms with E-state index in [1.807, 2.05) is 6.92 Å². The van der Waals surface area contributed by atoms with Gasteiger partial charge in [0.15, 0.2) is 0 Å². The number of rotatable bonds is 4. The molecule has 4 heteroatoms. The first-order chi connectivity index (χ1) is 7.19. The van der Waals surface area contributed by atoms with Crippen LogP contribution in [0.3, 0.4) is 0 Å². The van der Waals surface area contributed by atoms with Crippen molar-refractivity contribution in [1.29, 1.82) is 0 Å². The molecule has 0 aliphatic carbocycles. The highest BCUT2D eigenvalue weighted by atomic mass is 79.9. The van der Waals surface area contributed by atoms with Crippen LogP contribution in [0.15, 0.2) is 13.6 Å². The third-order valence-electron chi connectivity index (χ3n) is 1.99. The van der Waals surface area contributed by atoms with Crippen molar-refractivity contribution in [3.63, 3.8) is 0 Å². The zero-order valence-electron chi connectivity index (χ0n) is 8.73. The van der Waals surface area contributed by atoms with Gasteiger partial charge in [-0.05, 0) is 57.0 Å². The average molecular weight is 351 g/mol. The Morgan fingerprint density at radius 2 is 2.27 bits per heavy atom. The highest BCUT2D eigenvalue weighted by molar-refractivity contribution is 9.12. The Kier molecular flexibility index (Phi) is 5.91. The Balaban J connectivity index is 2.85. The van der Waals surface area contributed by atoms with Crippen LogP contribution in [0.5, 0.6) is 0 Å². The number of thiophene rings is 1. The van der Waals surface area contributed by atoms with Crippen LogP contribution in [-0.2, 0) is 0 Å². The molecule has 1 aromatic heterocycles. The molecule has 0 aliphatic heterocycles. The fourth-order valence-electron chi connectivity index (χ4n) is 1.33. The van der Waals surface area contributed by atoms with Gasteiger partial charge in [-0.3, -0.25) is 0 Å². The molecule has 1 heterocycles. The summed E-state index contributed by atoms with van der Waals surface area (Å²) in [6, 6.07) is 2.47. The predicted octanol–water partition coefficient (Wildman–Crippen LogP) is 4.34. The van der Waals surface area contributed by atoms with Gasteiger partial charge in [0.2, 0.25) is 0 Å². The average Bonchev–Trinajstić information content (AvgIpc) is 2.52. The highest BCUT2D eigenvalue weighted by Crippen LogP contribution is 2.36. The molecule has 1 aromatic rings. The van der Waals surface area contributed by atoms with Crippen molar-refractivity contribution >= 4 is 43.2 Å². The Hall–Kier alpha value is 0.180. The molecule has 0 aromatic carbocycles. The van der Waals surface area contributed by atoms with Crippen LogP contribution in [0.4, 0.5) is 0 Å². The lowest BCUT2D eigenvalue weighted by Gasteiger charge is -2.14. The van der Waals surface area contributed by atoms with Gasteiger partial charge >= 0.3 is 0 Å². The summed E-state index contributed by atoms with van der Waals surface area (Å²) < 4.78 is 2.33. The molecule has 0 amide bonds. The van der Waals surface area contributed by atoms with Crippen LogP contribution in [0.25, 0.3) is 0 Å². The minimum absolute atomic E-state index is 0.319. The number of halogens is 2. The summed E-state index contributed by atoms with van der Waals surface area (Å²) in [6.07, 6.45) is 0.853. The van der Waals surface area contributed by atoms with E-state index >= 15 is 0 Å². The molecular formula is C11H13Br2NS. The molecule has 0 saturated carbocycles. The lowest BCUT2D eigenvalue weighted by molar-refractivity contribution is 0.565. The molecule has 0 spiro atoms. The molecule has 0 saturated heterocycles. The number of hydrogen-bond acceptors (Lipinski definition) is 2. The summed E-state index contributed by atoms with van der Waals surface area (Å²) in [6.45, 7) is 4.94. The highest BCUT2D eigenvalue weighted by Gasteiger charge is 2.15. The summed E-state index contributed by atoms with van der Waals surface area (Å²) in [4.78, 5) is 0. The summed E-state index contributed by atoms with van der Waals surface area (Å²) in [7, 11) is 0. The van der Waals surface area contributed by atoms with Crippen LogP contribution in [-0.4, -0.2) is 6.54 Å². The summed E-state index contributed by atoms with van der Waals surface area (Å²) in [5.41, 5.74) is 1.29. The fraction of sp³-hybridized carbons (Fsp3) is 0.455. The normalized spacial score (nSPS) is 12.0. The van der Waals surface area contributed by atoms with E-state index in [0.29, 0.717) is 6.04 Å². The lowest BCUT2D eigenvalue weighted by atomic mass is 10.1. The molecule has 1 rings (SSSR count). The van der Waals surface area contributed by atoms with E-state index in [4.69, 9.17) is 0 Å². The van der Waals surface area contributed by atoms with Gasteiger partial charge < -0.3 is 5.32 Å². The van der Waals surface area contributed by atoms with E-state index in [1.54, 1.807) is 11.3 Å². The number of hydrogen-bond donors (Lipinski definition) is 1. The van der Waals surface area contributed by atoms with E-state index in [-0.39, 0.29) is 0 Å². The van der Waals surface area contributed by atoms with Gasteiger partial charge in [-0.25, -0.2) is 0 Å². The molecule has 0 aliphatic rings. The molecule has 15 heavy (non-hydrogen) atoms. The van der Waals surface area contributed by atoms with Gasteiger partial charge in [-0.15, -0.1) is 23.2 Å². The minimum atomic E-state index is 0.319. The van der Waals surface area contributed by atoms with E-state index in [9.17, 15) is 0 Å². The largest absolute Gasteiger partial charge is 0.309 e. The predicted molar refractivity (Wildman–Crippen MR) is 74.2 cm³/mol. The maximum absolute atomic E-state index is 3.58. The van der Waals surface area contributed by atoms with Crippen molar-refractivity contribution < 1.29 is 0 Å². The van der Waals surface area contributed by atoms with Crippen LogP contribution >= 0.6 is 43.2 Å². The second kappa shape index (κ2) is 6.70. The van der Waals surface area contributed by atoms with Crippen LogP contribution < -0.4 is 5.32 Å². The first-order valence-electron chi connectivity index (χ1n) is 4.76. The molecule has 0 fully saturated rings. The van der Waals surface area contributed by atoms with E-state index < -0.39 is 0 Å². The standard InChI is InChI=1S/C11H13Br2NS/c1-3-5-6-9(14-4-2)8-7-10(12)15-11(8)13/h7,9,14H,4,6H2,1-2H3. The second-order valence-electron chi connectivity index (χ2n) is 3.02. The van der Waals surface area contributed by atoms with Gasteiger partial charge in [0.1, 0.15) is 0 Å². The van der Waals surface area contributed by atoms with Crippen molar-refractivity contribution in [3.05, 3.63) is 19.2 Å². The van der Waals surface area contributed by atoms with Crippen LogP contribution in [0.2, 0.25) is 0 Å². The van der Waals surface area contributed by atoms with Gasteiger partial charge in [-0.2, -0.15) is 0 Å². The molecule has 0 radical (unpaired) electrons. The Morgan fingerprint density at radius 1 is 1.53 bits per heavy atom. The molecular weight excluding hydrogens is 338 g/mol. The molecule has 82 valence electrons.